The lowest BCUT2D eigenvalue weighted by Crippen LogP contribution is -2.12. The number of hydrogen-bond acceptors (Lipinski definition) is 3. The average molecular weight is 395 g/mol. The van der Waals surface area contributed by atoms with Crippen molar-refractivity contribution in [1.82, 2.24) is 9.66 Å². The van der Waals surface area contributed by atoms with E-state index in [0.29, 0.717) is 11.6 Å². The van der Waals surface area contributed by atoms with Crippen LogP contribution in [0.3, 0.4) is 0 Å². The van der Waals surface area contributed by atoms with Crippen molar-refractivity contribution in [2.45, 2.75) is 13.8 Å². The molecular weight excluding hydrogens is 376 g/mol. The monoisotopic (exact) mass is 394 g/mol. The summed E-state index contributed by atoms with van der Waals surface area (Å²) in [5.74, 6) is 0. The van der Waals surface area contributed by atoms with Crippen molar-refractivity contribution in [2.24, 2.45) is 10.1 Å². The van der Waals surface area contributed by atoms with Crippen LogP contribution in [-0.4, -0.2) is 22.4 Å². The number of thiazole rings is 1. The lowest BCUT2D eigenvalue weighted by Gasteiger charge is -2.04. The molecular formula is C21H19ClN4S. The number of fused-ring (bicyclic) bond motifs is 1. The van der Waals surface area contributed by atoms with Gasteiger partial charge < -0.3 is 4.98 Å². The second-order valence-electron chi connectivity index (χ2n) is 6.15. The summed E-state index contributed by atoms with van der Waals surface area (Å²) in [5, 5.41) is 8.72. The smallest absolute Gasteiger partial charge is 0.206 e. The summed E-state index contributed by atoms with van der Waals surface area (Å²) in [6.45, 7) is 4.79. The molecule has 4 rings (SSSR count). The van der Waals surface area contributed by atoms with Gasteiger partial charge in [0, 0.05) is 44.7 Å². The Labute approximate surface area is 166 Å². The maximum Gasteiger partial charge on any atom is 0.206 e. The number of halogens is 1. The van der Waals surface area contributed by atoms with E-state index < -0.39 is 0 Å². The fraction of sp³-hybridized carbons (Fsp3) is 0.143. The second-order valence-corrected chi connectivity index (χ2v) is 7.43. The highest BCUT2D eigenvalue weighted by Gasteiger charge is 2.09. The number of nitrogens with one attached hydrogen (secondary N) is 1. The van der Waals surface area contributed by atoms with E-state index in [0.717, 1.165) is 38.2 Å². The first-order chi connectivity index (χ1) is 13.2. The molecule has 2 aromatic heterocycles. The Balaban J connectivity index is 1.85. The van der Waals surface area contributed by atoms with E-state index in [-0.39, 0.29) is 0 Å². The SMILES string of the molecule is CCN=c1scc(-c2cccc(Cl)c2)n1N=Cc1c(C)[nH]c2ccccc12. The Kier molecular flexibility index (Phi) is 4.97. The van der Waals surface area contributed by atoms with Gasteiger partial charge in [-0.1, -0.05) is 41.9 Å². The summed E-state index contributed by atoms with van der Waals surface area (Å²) in [6.07, 6.45) is 1.91. The fourth-order valence-corrected chi connectivity index (χ4v) is 4.17. The maximum atomic E-state index is 6.19. The van der Waals surface area contributed by atoms with Gasteiger partial charge >= 0.3 is 0 Å². The summed E-state index contributed by atoms with van der Waals surface area (Å²) in [4.78, 5) is 8.86. The van der Waals surface area contributed by atoms with E-state index in [1.54, 1.807) is 11.3 Å². The van der Waals surface area contributed by atoms with Crippen molar-refractivity contribution in [1.29, 1.82) is 0 Å². The maximum absolute atomic E-state index is 6.19. The molecule has 1 N–H and O–H groups in total. The minimum absolute atomic E-state index is 0.704. The van der Waals surface area contributed by atoms with E-state index in [1.165, 1.54) is 0 Å². The lowest BCUT2D eigenvalue weighted by atomic mass is 10.1. The number of nitrogens with zero attached hydrogens (tertiary/aromatic N) is 3. The van der Waals surface area contributed by atoms with Gasteiger partial charge in [-0.05, 0) is 32.0 Å². The number of aromatic nitrogens is 2. The van der Waals surface area contributed by atoms with Crippen LogP contribution in [0.25, 0.3) is 22.2 Å². The highest BCUT2D eigenvalue weighted by molar-refractivity contribution is 7.07. The molecule has 4 aromatic rings. The molecule has 0 saturated carbocycles. The van der Waals surface area contributed by atoms with E-state index in [2.05, 4.69) is 34.4 Å². The van der Waals surface area contributed by atoms with Crippen molar-refractivity contribution < 1.29 is 0 Å². The minimum Gasteiger partial charge on any atom is -0.358 e. The molecule has 4 nitrogen and oxygen atoms in total. The number of benzene rings is 2. The first kappa shape index (κ1) is 17.8. The average Bonchev–Trinajstić information content (AvgIpc) is 3.20. The van der Waals surface area contributed by atoms with Gasteiger partial charge in [0.15, 0.2) is 0 Å². The summed E-state index contributed by atoms with van der Waals surface area (Å²) in [6, 6.07) is 16.1. The molecule has 0 spiro atoms. The predicted octanol–water partition coefficient (Wildman–Crippen LogP) is 5.46. The Morgan fingerprint density at radius 1 is 1.19 bits per heavy atom. The molecule has 0 aliphatic carbocycles. The van der Waals surface area contributed by atoms with E-state index in [9.17, 15) is 0 Å². The van der Waals surface area contributed by atoms with Crippen molar-refractivity contribution in [3.05, 3.63) is 75.0 Å². The van der Waals surface area contributed by atoms with Crippen LogP contribution in [0.1, 0.15) is 18.2 Å². The van der Waals surface area contributed by atoms with Crippen LogP contribution >= 0.6 is 22.9 Å². The second kappa shape index (κ2) is 7.55. The van der Waals surface area contributed by atoms with E-state index >= 15 is 0 Å². The van der Waals surface area contributed by atoms with Gasteiger partial charge in [-0.2, -0.15) is 5.10 Å². The molecule has 0 aliphatic rings. The van der Waals surface area contributed by atoms with Crippen LogP contribution in [0, 0.1) is 6.92 Å². The molecule has 0 radical (unpaired) electrons. The highest BCUT2D eigenvalue weighted by atomic mass is 35.5. The number of hydrogen-bond donors (Lipinski definition) is 1. The molecule has 0 saturated heterocycles. The molecule has 27 heavy (non-hydrogen) atoms. The van der Waals surface area contributed by atoms with Crippen LogP contribution in [0.4, 0.5) is 0 Å². The molecule has 0 fully saturated rings. The van der Waals surface area contributed by atoms with Crippen LogP contribution in [0.2, 0.25) is 5.02 Å². The number of rotatable bonds is 4. The number of aryl methyl sites for hydroxylation is 1. The standard InChI is InChI=1S/C21H19ClN4S/c1-3-23-21-26(20(13-27-21)15-7-6-8-16(22)11-15)24-12-18-14(2)25-19-10-5-4-9-17(18)19/h4-13,25H,3H2,1-2H3. The van der Waals surface area contributed by atoms with Gasteiger partial charge in [0.25, 0.3) is 0 Å². The molecule has 0 amide bonds. The number of para-hydroxylation sites is 1. The molecule has 6 heteroatoms. The van der Waals surface area contributed by atoms with Crippen LogP contribution < -0.4 is 4.80 Å². The van der Waals surface area contributed by atoms with E-state index in [1.807, 2.05) is 54.2 Å². The molecule has 0 atom stereocenters. The first-order valence-electron chi connectivity index (χ1n) is 8.76. The van der Waals surface area contributed by atoms with Crippen molar-refractivity contribution >= 4 is 40.1 Å². The summed E-state index contributed by atoms with van der Waals surface area (Å²) in [7, 11) is 0. The molecule has 136 valence electrons. The Morgan fingerprint density at radius 3 is 2.85 bits per heavy atom. The fourth-order valence-electron chi connectivity index (χ4n) is 3.08. The van der Waals surface area contributed by atoms with Crippen molar-refractivity contribution in [2.75, 3.05) is 6.54 Å². The van der Waals surface area contributed by atoms with Crippen molar-refractivity contribution in [3.8, 4) is 11.3 Å². The Bertz CT molecular complexity index is 1200. The van der Waals surface area contributed by atoms with Crippen molar-refractivity contribution in [3.63, 3.8) is 0 Å². The third kappa shape index (κ3) is 3.48. The first-order valence-corrected chi connectivity index (χ1v) is 10.0. The molecule has 0 aliphatic heterocycles. The van der Waals surface area contributed by atoms with Gasteiger partial charge in [0.2, 0.25) is 4.80 Å². The van der Waals surface area contributed by atoms with E-state index in [4.69, 9.17) is 16.7 Å². The Morgan fingerprint density at radius 2 is 2.04 bits per heavy atom. The summed E-state index contributed by atoms with van der Waals surface area (Å²) in [5.41, 5.74) is 5.28. The van der Waals surface area contributed by atoms with Gasteiger partial charge in [-0.25, -0.2) is 4.68 Å². The van der Waals surface area contributed by atoms with Gasteiger partial charge in [-0.15, -0.1) is 11.3 Å². The Hall–Kier alpha value is -2.63. The normalized spacial score (nSPS) is 12.5. The zero-order valence-corrected chi connectivity index (χ0v) is 16.7. The van der Waals surface area contributed by atoms with Crippen LogP contribution in [0.15, 0.2) is 64.0 Å². The third-order valence-corrected chi connectivity index (χ3v) is 5.43. The molecule has 2 heterocycles. The topological polar surface area (TPSA) is 45.4 Å². The lowest BCUT2D eigenvalue weighted by molar-refractivity contribution is 0.833. The summed E-state index contributed by atoms with van der Waals surface area (Å²) >= 11 is 7.77. The van der Waals surface area contributed by atoms with Crippen LogP contribution in [-0.2, 0) is 0 Å². The third-order valence-electron chi connectivity index (χ3n) is 4.34. The molecule has 0 bridgehead atoms. The summed E-state index contributed by atoms with van der Waals surface area (Å²) < 4.78 is 1.89. The highest BCUT2D eigenvalue weighted by Crippen LogP contribution is 2.24. The number of H-pyrrole nitrogens is 1. The van der Waals surface area contributed by atoms with Crippen LogP contribution in [0.5, 0.6) is 0 Å². The predicted molar refractivity (Wildman–Crippen MR) is 115 cm³/mol. The number of aromatic amines is 1. The van der Waals surface area contributed by atoms with Gasteiger partial charge in [0.05, 0.1) is 11.9 Å². The zero-order chi connectivity index (χ0) is 18.8. The zero-order valence-electron chi connectivity index (χ0n) is 15.1. The molecule has 0 unspecified atom stereocenters. The van der Waals surface area contributed by atoms with Gasteiger partial charge in [0.1, 0.15) is 0 Å². The molecule has 2 aromatic carbocycles. The van der Waals surface area contributed by atoms with Gasteiger partial charge in [-0.3, -0.25) is 4.99 Å². The largest absolute Gasteiger partial charge is 0.358 e. The minimum atomic E-state index is 0.704. The quantitative estimate of drug-likeness (QED) is 0.446.